The lowest BCUT2D eigenvalue weighted by Gasteiger charge is -2.28. The smallest absolute Gasteiger partial charge is 0.466 e. The molecule has 1 atom stereocenters. The molecule has 2 rings (SSSR count). The number of nitro groups is 1. The molecule has 1 aromatic carbocycles. The summed E-state index contributed by atoms with van der Waals surface area (Å²) >= 11 is 0. The van der Waals surface area contributed by atoms with E-state index in [2.05, 4.69) is 5.32 Å². The minimum atomic E-state index is -1.64. The van der Waals surface area contributed by atoms with Crippen LogP contribution in [0, 0.1) is 21.4 Å². The van der Waals surface area contributed by atoms with E-state index in [1.54, 1.807) is 0 Å². The number of carboxylic acid groups (broad SMARTS) is 1. The lowest BCUT2D eigenvalue weighted by atomic mass is 9.85. The number of hydrogen-bond acceptors (Lipinski definition) is 8. The van der Waals surface area contributed by atoms with Crippen molar-refractivity contribution in [3.8, 4) is 6.07 Å². The fraction of sp³-hybridized carbons (Fsp3) is 0.188. The van der Waals surface area contributed by atoms with Crippen molar-refractivity contribution >= 4 is 17.8 Å². The number of non-ortho nitro benzene ring substituents is 1. The van der Waals surface area contributed by atoms with Gasteiger partial charge in [0.2, 0.25) is 0 Å². The molecule has 0 spiro atoms. The third-order valence-electron chi connectivity index (χ3n) is 3.63. The normalized spacial score (nSPS) is 16.4. The minimum absolute atomic E-state index is 0.163. The van der Waals surface area contributed by atoms with Crippen molar-refractivity contribution < 1.29 is 29.1 Å². The van der Waals surface area contributed by atoms with Crippen LogP contribution in [0.4, 0.5) is 10.5 Å². The van der Waals surface area contributed by atoms with E-state index in [9.17, 15) is 25.0 Å². The van der Waals surface area contributed by atoms with Gasteiger partial charge < -0.3 is 19.9 Å². The fourth-order valence-electron chi connectivity index (χ4n) is 2.59. The van der Waals surface area contributed by atoms with Gasteiger partial charge in [0.05, 0.1) is 29.2 Å². The summed E-state index contributed by atoms with van der Waals surface area (Å²) < 4.78 is 9.49. The van der Waals surface area contributed by atoms with E-state index in [0.717, 1.165) is 7.11 Å². The van der Waals surface area contributed by atoms with Gasteiger partial charge in [0.25, 0.3) is 5.69 Å². The molecule has 1 heterocycles. The molecule has 0 fully saturated rings. The van der Waals surface area contributed by atoms with Gasteiger partial charge in [-0.3, -0.25) is 10.1 Å². The third kappa shape index (κ3) is 3.46. The number of nitrogens with one attached hydrogen (secondary N) is 1. The average molecular weight is 359 g/mol. The van der Waals surface area contributed by atoms with E-state index in [4.69, 9.17) is 14.6 Å². The Kier molecular flexibility index (Phi) is 5.22. The van der Waals surface area contributed by atoms with Crippen molar-refractivity contribution in [2.45, 2.75) is 12.8 Å². The Hall–Kier alpha value is -3.87. The third-order valence-corrected chi connectivity index (χ3v) is 3.63. The van der Waals surface area contributed by atoms with Crippen molar-refractivity contribution in [3.63, 3.8) is 0 Å². The summed E-state index contributed by atoms with van der Waals surface area (Å²) in [5, 5.41) is 32.0. The molecule has 1 aliphatic rings. The van der Waals surface area contributed by atoms with E-state index < -0.39 is 23.0 Å². The standard InChI is InChI=1S/C16H13N3O7/c1-8-14(26-16(21)22)12(9-4-3-5-10(6-9)19(23)24)13(15(20)25-2)11(7-17)18-8/h3-6,12,18H,1-2H3,(H,21,22). The van der Waals surface area contributed by atoms with Crippen molar-refractivity contribution in [2.24, 2.45) is 0 Å². The zero-order valence-corrected chi connectivity index (χ0v) is 13.7. The zero-order valence-electron chi connectivity index (χ0n) is 13.7. The van der Waals surface area contributed by atoms with Crippen LogP contribution in [0.5, 0.6) is 0 Å². The predicted octanol–water partition coefficient (Wildman–Crippen LogP) is 2.16. The first-order chi connectivity index (χ1) is 12.3. The number of nitrogens with zero attached hydrogens (tertiary/aromatic N) is 2. The molecule has 2 N–H and O–H groups in total. The molecule has 0 radical (unpaired) electrons. The molecular weight excluding hydrogens is 346 g/mol. The Labute approximate surface area is 147 Å². The first-order valence-corrected chi connectivity index (χ1v) is 7.15. The highest BCUT2D eigenvalue weighted by molar-refractivity contribution is 5.93. The van der Waals surface area contributed by atoms with Gasteiger partial charge in [-0.15, -0.1) is 0 Å². The van der Waals surface area contributed by atoms with Crippen LogP contribution in [0.25, 0.3) is 0 Å². The topological polar surface area (TPSA) is 152 Å². The van der Waals surface area contributed by atoms with E-state index in [1.807, 2.05) is 6.07 Å². The fourth-order valence-corrected chi connectivity index (χ4v) is 2.59. The van der Waals surface area contributed by atoms with Crippen LogP contribution in [-0.2, 0) is 14.3 Å². The molecule has 1 unspecified atom stereocenters. The van der Waals surface area contributed by atoms with E-state index >= 15 is 0 Å². The highest BCUT2D eigenvalue weighted by Gasteiger charge is 2.38. The Morgan fingerprint density at radius 3 is 2.65 bits per heavy atom. The molecule has 0 aliphatic carbocycles. The van der Waals surface area contributed by atoms with Gasteiger partial charge in [-0.2, -0.15) is 5.26 Å². The highest BCUT2D eigenvalue weighted by atomic mass is 16.7. The van der Waals surface area contributed by atoms with Crippen LogP contribution in [0.3, 0.4) is 0 Å². The number of allylic oxidation sites excluding steroid dienone is 3. The summed E-state index contributed by atoms with van der Waals surface area (Å²) in [4.78, 5) is 33.7. The predicted molar refractivity (Wildman–Crippen MR) is 85.4 cm³/mol. The molecule has 0 bridgehead atoms. The Morgan fingerprint density at radius 2 is 2.12 bits per heavy atom. The summed E-state index contributed by atoms with van der Waals surface area (Å²) in [6.45, 7) is 1.45. The number of hydrogen-bond donors (Lipinski definition) is 2. The number of nitro benzene ring substituents is 1. The second-order valence-corrected chi connectivity index (χ2v) is 5.16. The molecule has 0 saturated heterocycles. The molecule has 10 nitrogen and oxygen atoms in total. The summed E-state index contributed by atoms with van der Waals surface area (Å²) in [5.74, 6) is -2.25. The molecule has 1 aliphatic heterocycles. The van der Waals surface area contributed by atoms with Crippen LogP contribution in [0.2, 0.25) is 0 Å². The number of benzene rings is 1. The molecule has 1 aromatic rings. The van der Waals surface area contributed by atoms with Crippen molar-refractivity contribution in [1.82, 2.24) is 5.32 Å². The van der Waals surface area contributed by atoms with Crippen LogP contribution in [-0.4, -0.2) is 29.3 Å². The van der Waals surface area contributed by atoms with E-state index in [-0.39, 0.29) is 34.0 Å². The Bertz CT molecular complexity index is 895. The number of nitriles is 1. The molecular formula is C16H13N3O7. The maximum absolute atomic E-state index is 12.2. The molecule has 10 heteroatoms. The SMILES string of the molecule is COC(=O)C1=C(C#N)NC(C)=C(OC(=O)O)C1c1cccc([N+](=O)[O-])c1. The number of esters is 1. The quantitative estimate of drug-likeness (QED) is 0.468. The lowest BCUT2D eigenvalue weighted by molar-refractivity contribution is -0.384. The summed E-state index contributed by atoms with van der Waals surface area (Å²) in [5.41, 5.74) is -0.269. The van der Waals surface area contributed by atoms with Crippen LogP contribution < -0.4 is 5.32 Å². The molecule has 0 amide bonds. The molecule has 0 saturated carbocycles. The first kappa shape index (κ1) is 18.5. The second-order valence-electron chi connectivity index (χ2n) is 5.16. The average Bonchev–Trinajstić information content (AvgIpc) is 2.61. The number of methoxy groups -OCH3 is 1. The van der Waals surface area contributed by atoms with Crippen LogP contribution in [0.1, 0.15) is 18.4 Å². The highest BCUT2D eigenvalue weighted by Crippen LogP contribution is 2.40. The lowest BCUT2D eigenvalue weighted by Crippen LogP contribution is -2.30. The van der Waals surface area contributed by atoms with Crippen LogP contribution >= 0.6 is 0 Å². The number of rotatable bonds is 4. The van der Waals surface area contributed by atoms with Crippen LogP contribution in [0.15, 0.2) is 47.0 Å². The van der Waals surface area contributed by atoms with E-state index in [1.165, 1.54) is 31.2 Å². The Morgan fingerprint density at radius 1 is 1.42 bits per heavy atom. The van der Waals surface area contributed by atoms with E-state index in [0.29, 0.717) is 0 Å². The number of ether oxygens (including phenoxy) is 2. The van der Waals surface area contributed by atoms with Crippen molar-refractivity contribution in [2.75, 3.05) is 7.11 Å². The van der Waals surface area contributed by atoms with Gasteiger partial charge in [0.15, 0.2) is 0 Å². The maximum atomic E-state index is 12.2. The number of carbonyl (C=O) groups is 2. The number of dihydropyridines is 1. The Balaban J connectivity index is 2.74. The number of carbonyl (C=O) groups excluding carboxylic acids is 1. The van der Waals surface area contributed by atoms with Crippen molar-refractivity contribution in [1.29, 1.82) is 5.26 Å². The molecule has 26 heavy (non-hydrogen) atoms. The second kappa shape index (κ2) is 7.35. The van der Waals surface area contributed by atoms with Gasteiger partial charge in [-0.1, -0.05) is 12.1 Å². The minimum Gasteiger partial charge on any atom is -0.466 e. The monoisotopic (exact) mass is 359 g/mol. The van der Waals surface area contributed by atoms with Gasteiger partial charge >= 0.3 is 12.1 Å². The maximum Gasteiger partial charge on any atom is 0.511 e. The zero-order chi connectivity index (χ0) is 19.4. The first-order valence-electron chi connectivity index (χ1n) is 7.15. The van der Waals surface area contributed by atoms with Crippen molar-refractivity contribution in [3.05, 3.63) is 62.7 Å². The molecule has 134 valence electrons. The molecule has 0 aromatic heterocycles. The summed E-state index contributed by atoms with van der Waals surface area (Å²) in [6.07, 6.45) is -1.64. The summed E-state index contributed by atoms with van der Waals surface area (Å²) in [6, 6.07) is 7.06. The van der Waals surface area contributed by atoms with Gasteiger partial charge in [-0.05, 0) is 12.5 Å². The summed E-state index contributed by atoms with van der Waals surface area (Å²) in [7, 11) is 1.09. The van der Waals surface area contributed by atoms with Gasteiger partial charge in [0, 0.05) is 12.1 Å². The van der Waals surface area contributed by atoms with Gasteiger partial charge in [0.1, 0.15) is 17.5 Å². The largest absolute Gasteiger partial charge is 0.511 e. The van der Waals surface area contributed by atoms with Gasteiger partial charge in [-0.25, -0.2) is 9.59 Å².